The summed E-state index contributed by atoms with van der Waals surface area (Å²) in [7, 11) is 0. The van der Waals surface area contributed by atoms with Crippen LogP contribution in [0.5, 0.6) is 5.75 Å². The molecule has 0 aromatic heterocycles. The summed E-state index contributed by atoms with van der Waals surface area (Å²) in [6, 6.07) is 1.80. The summed E-state index contributed by atoms with van der Waals surface area (Å²) in [5, 5.41) is 26.0. The number of carboxylic acids is 1. The van der Waals surface area contributed by atoms with Crippen LogP contribution in [0.15, 0.2) is 24.3 Å². The number of hydrogen-bond acceptors (Lipinski definition) is 7. The van der Waals surface area contributed by atoms with Crippen LogP contribution >= 0.6 is 0 Å². The minimum Gasteiger partial charge on any atom is -0.508 e. The summed E-state index contributed by atoms with van der Waals surface area (Å²) in [5.41, 5.74) is 11.7. The zero-order valence-corrected chi connectivity index (χ0v) is 20.1. The van der Waals surface area contributed by atoms with Crippen molar-refractivity contribution < 1.29 is 34.2 Å². The number of aromatic hydroxyl groups is 1. The third-order valence-electron chi connectivity index (χ3n) is 5.11. The number of carboxylic acid groups (broad SMARTS) is 1. The molecule has 9 N–H and O–H groups in total. The number of primary amides is 1. The van der Waals surface area contributed by atoms with Crippen molar-refractivity contribution in [1.29, 1.82) is 0 Å². The van der Waals surface area contributed by atoms with Gasteiger partial charge in [-0.1, -0.05) is 26.0 Å². The minimum absolute atomic E-state index is 0.0245. The molecule has 0 heterocycles. The molecule has 1 aromatic rings. The first-order valence-corrected chi connectivity index (χ1v) is 11.3. The second kappa shape index (κ2) is 13.9. The molecule has 0 radical (unpaired) electrons. The van der Waals surface area contributed by atoms with Gasteiger partial charge in [-0.05, 0) is 49.8 Å². The number of phenols is 1. The van der Waals surface area contributed by atoms with Gasteiger partial charge >= 0.3 is 5.97 Å². The van der Waals surface area contributed by atoms with Gasteiger partial charge in [-0.25, -0.2) is 4.79 Å². The summed E-state index contributed by atoms with van der Waals surface area (Å²) in [5.74, 6) is -3.94. The van der Waals surface area contributed by atoms with Gasteiger partial charge in [-0.3, -0.25) is 19.2 Å². The average Bonchev–Trinajstić information content (AvgIpc) is 2.76. The van der Waals surface area contributed by atoms with Crippen molar-refractivity contribution in [3.63, 3.8) is 0 Å². The van der Waals surface area contributed by atoms with E-state index in [9.17, 15) is 34.2 Å². The van der Waals surface area contributed by atoms with Crippen molar-refractivity contribution in [2.45, 2.75) is 70.6 Å². The first-order valence-electron chi connectivity index (χ1n) is 11.3. The van der Waals surface area contributed by atoms with Crippen LogP contribution < -0.4 is 27.4 Å². The lowest BCUT2D eigenvalue weighted by atomic mass is 10.0. The summed E-state index contributed by atoms with van der Waals surface area (Å²) in [4.78, 5) is 60.2. The fraction of sp³-hybridized carbons (Fsp3) is 0.522. The normalized spacial score (nSPS) is 14.3. The van der Waals surface area contributed by atoms with Crippen molar-refractivity contribution in [1.82, 2.24) is 16.0 Å². The van der Waals surface area contributed by atoms with E-state index in [1.54, 1.807) is 12.1 Å². The SMILES string of the molecule is CC(C)CC(NC(=O)C(C)NC(=O)C(N)Cc1ccc(O)cc1)C(=O)NC(CCC(N)=O)C(=O)O. The first kappa shape index (κ1) is 29.4. The Hall–Kier alpha value is -3.67. The Morgan fingerprint density at radius 1 is 0.886 bits per heavy atom. The molecule has 4 unspecified atom stereocenters. The van der Waals surface area contributed by atoms with Crippen LogP contribution in [-0.2, 0) is 30.4 Å². The Bertz CT molecular complexity index is 904. The lowest BCUT2D eigenvalue weighted by Gasteiger charge is -2.24. The van der Waals surface area contributed by atoms with Crippen molar-refractivity contribution in [3.8, 4) is 5.75 Å². The second-order valence-electron chi connectivity index (χ2n) is 8.80. The van der Waals surface area contributed by atoms with Crippen LogP contribution in [0.2, 0.25) is 0 Å². The molecule has 12 nitrogen and oxygen atoms in total. The number of carbonyl (C=O) groups is 5. The maximum Gasteiger partial charge on any atom is 0.326 e. The van der Waals surface area contributed by atoms with Crippen molar-refractivity contribution in [3.05, 3.63) is 29.8 Å². The number of hydrogen-bond donors (Lipinski definition) is 7. The van der Waals surface area contributed by atoms with E-state index in [1.807, 2.05) is 13.8 Å². The van der Waals surface area contributed by atoms with E-state index in [0.717, 1.165) is 5.56 Å². The second-order valence-corrected chi connectivity index (χ2v) is 8.80. The van der Waals surface area contributed by atoms with E-state index in [-0.39, 0.29) is 37.4 Å². The van der Waals surface area contributed by atoms with Crippen LogP contribution in [0.4, 0.5) is 0 Å². The molecule has 4 atom stereocenters. The summed E-state index contributed by atoms with van der Waals surface area (Å²) in [6.45, 7) is 5.07. The topological polar surface area (TPSA) is 214 Å². The van der Waals surface area contributed by atoms with E-state index in [0.29, 0.717) is 0 Å². The maximum atomic E-state index is 12.7. The van der Waals surface area contributed by atoms with Crippen LogP contribution in [0, 0.1) is 5.92 Å². The fourth-order valence-electron chi connectivity index (χ4n) is 3.18. The number of amides is 4. The lowest BCUT2D eigenvalue weighted by molar-refractivity contribution is -0.142. The van der Waals surface area contributed by atoms with E-state index < -0.39 is 53.8 Å². The van der Waals surface area contributed by atoms with E-state index in [2.05, 4.69) is 16.0 Å². The predicted octanol–water partition coefficient (Wildman–Crippen LogP) is -0.867. The Balaban J connectivity index is 2.75. The molecule has 1 aromatic carbocycles. The Morgan fingerprint density at radius 3 is 1.97 bits per heavy atom. The van der Waals surface area contributed by atoms with Gasteiger partial charge in [0.2, 0.25) is 23.6 Å². The molecule has 0 fully saturated rings. The minimum atomic E-state index is -1.35. The maximum absolute atomic E-state index is 12.7. The van der Waals surface area contributed by atoms with Gasteiger partial charge in [0.25, 0.3) is 0 Å². The molecule has 1 rings (SSSR count). The summed E-state index contributed by atoms with van der Waals surface area (Å²) >= 11 is 0. The molecule has 0 bridgehead atoms. The molecule has 0 spiro atoms. The largest absolute Gasteiger partial charge is 0.508 e. The highest BCUT2D eigenvalue weighted by Gasteiger charge is 2.29. The van der Waals surface area contributed by atoms with Crippen LogP contribution in [-0.4, -0.2) is 64.0 Å². The Morgan fingerprint density at radius 2 is 1.46 bits per heavy atom. The Kier molecular flexibility index (Phi) is 11.7. The van der Waals surface area contributed by atoms with E-state index in [1.165, 1.54) is 19.1 Å². The summed E-state index contributed by atoms with van der Waals surface area (Å²) < 4.78 is 0. The van der Waals surface area contributed by atoms with Crippen molar-refractivity contribution in [2.75, 3.05) is 0 Å². The monoisotopic (exact) mass is 493 g/mol. The van der Waals surface area contributed by atoms with Gasteiger partial charge in [0.05, 0.1) is 6.04 Å². The highest BCUT2D eigenvalue weighted by Crippen LogP contribution is 2.11. The third kappa shape index (κ3) is 10.9. The van der Waals surface area contributed by atoms with Gasteiger partial charge in [0, 0.05) is 6.42 Å². The molecule has 0 saturated carbocycles. The molecule has 0 aliphatic rings. The summed E-state index contributed by atoms with van der Waals surface area (Å²) in [6.07, 6.45) is -0.0302. The number of nitrogens with one attached hydrogen (secondary N) is 3. The average molecular weight is 494 g/mol. The Labute approximate surface area is 203 Å². The quantitative estimate of drug-likeness (QED) is 0.172. The van der Waals surface area contributed by atoms with Gasteiger partial charge in [-0.15, -0.1) is 0 Å². The fourth-order valence-corrected chi connectivity index (χ4v) is 3.18. The molecule has 4 amide bonds. The standard InChI is InChI=1S/C23H35N5O7/c1-12(2)10-18(22(33)27-17(23(34)35)8-9-19(25)30)28-20(31)13(3)26-21(32)16(24)11-14-4-6-15(29)7-5-14/h4-7,12-13,16-18,29H,8-11,24H2,1-3H3,(H2,25,30)(H,26,32)(H,27,33)(H,28,31)(H,34,35). The van der Waals surface area contributed by atoms with Crippen molar-refractivity contribution >= 4 is 29.6 Å². The van der Waals surface area contributed by atoms with Crippen LogP contribution in [0.25, 0.3) is 0 Å². The third-order valence-corrected chi connectivity index (χ3v) is 5.11. The predicted molar refractivity (Wildman–Crippen MR) is 127 cm³/mol. The lowest BCUT2D eigenvalue weighted by Crippen LogP contribution is -2.56. The highest BCUT2D eigenvalue weighted by molar-refractivity contribution is 5.94. The van der Waals surface area contributed by atoms with E-state index in [4.69, 9.17) is 11.5 Å². The number of phenolic OH excluding ortho intramolecular Hbond substituents is 1. The first-order chi connectivity index (χ1) is 16.3. The molecule has 0 saturated heterocycles. The number of carbonyl (C=O) groups excluding carboxylic acids is 4. The molecule has 35 heavy (non-hydrogen) atoms. The highest BCUT2D eigenvalue weighted by atomic mass is 16.4. The zero-order chi connectivity index (χ0) is 26.7. The van der Waals surface area contributed by atoms with Crippen molar-refractivity contribution in [2.24, 2.45) is 17.4 Å². The molecule has 0 aliphatic heterocycles. The molecule has 12 heteroatoms. The molecular formula is C23H35N5O7. The van der Waals surface area contributed by atoms with Crippen LogP contribution in [0.1, 0.15) is 45.6 Å². The molecule has 0 aliphatic carbocycles. The van der Waals surface area contributed by atoms with E-state index >= 15 is 0 Å². The van der Waals surface area contributed by atoms with Gasteiger partial charge in [0.15, 0.2) is 0 Å². The zero-order valence-electron chi connectivity index (χ0n) is 20.1. The van der Waals surface area contributed by atoms with Gasteiger partial charge in [0.1, 0.15) is 23.9 Å². The number of rotatable bonds is 14. The van der Waals surface area contributed by atoms with Gasteiger partial charge < -0.3 is 37.6 Å². The number of nitrogens with two attached hydrogens (primary N) is 2. The molecule has 194 valence electrons. The smallest absolute Gasteiger partial charge is 0.326 e. The van der Waals surface area contributed by atoms with Gasteiger partial charge in [-0.2, -0.15) is 0 Å². The van der Waals surface area contributed by atoms with Crippen LogP contribution in [0.3, 0.4) is 0 Å². The molecular weight excluding hydrogens is 458 g/mol. The number of benzene rings is 1. The number of aliphatic carboxylic acids is 1.